The molecule has 0 N–H and O–H groups in total. The fraction of sp³-hybridized carbons (Fsp3) is 0.769. The van der Waals surface area contributed by atoms with Crippen molar-refractivity contribution in [2.75, 3.05) is 45.9 Å². The lowest BCUT2D eigenvalue weighted by Crippen LogP contribution is -2.57. The largest absolute Gasteiger partial charge is 0.352 e. The summed E-state index contributed by atoms with van der Waals surface area (Å²) in [6, 6.07) is 5.14. The second kappa shape index (κ2) is 12.5. The molecule has 0 amide bonds. The van der Waals surface area contributed by atoms with Gasteiger partial charge in [-0.3, -0.25) is 4.90 Å². The number of thioether (sulfide) groups is 2. The lowest BCUT2D eigenvalue weighted by Gasteiger charge is -2.42. The van der Waals surface area contributed by atoms with Crippen LogP contribution in [-0.4, -0.2) is 72.1 Å². The molecular formula is C26H45N2O2S2+. The highest BCUT2D eigenvalue weighted by Crippen LogP contribution is 2.36. The van der Waals surface area contributed by atoms with Crippen molar-refractivity contribution in [3.8, 4) is 0 Å². The fourth-order valence-electron chi connectivity index (χ4n) is 4.81. The number of piperazine rings is 1. The smallest absolute Gasteiger partial charge is 0.170 e. The second-order valence-electron chi connectivity index (χ2n) is 9.86. The molecule has 1 fully saturated rings. The molecule has 0 saturated carbocycles. The summed E-state index contributed by atoms with van der Waals surface area (Å²) in [4.78, 5) is 2.54. The molecule has 1 aromatic carbocycles. The summed E-state index contributed by atoms with van der Waals surface area (Å²) in [6.07, 6.45) is -0.0886. The lowest BCUT2D eigenvalue weighted by molar-refractivity contribution is -0.951. The molecule has 2 aliphatic rings. The summed E-state index contributed by atoms with van der Waals surface area (Å²) in [7, 11) is 0. The molecule has 32 heavy (non-hydrogen) atoms. The normalized spacial score (nSPS) is 18.4. The maximum atomic E-state index is 5.79. The molecule has 2 aliphatic heterocycles. The summed E-state index contributed by atoms with van der Waals surface area (Å²) in [5, 5.41) is 1.36. The van der Waals surface area contributed by atoms with Crippen molar-refractivity contribution >= 4 is 23.5 Å². The van der Waals surface area contributed by atoms with Gasteiger partial charge in [0, 0.05) is 55.5 Å². The van der Waals surface area contributed by atoms with E-state index in [1.165, 1.54) is 30.7 Å². The quantitative estimate of drug-likeness (QED) is 0.289. The number of rotatable bonds is 12. The Morgan fingerprint density at radius 1 is 0.844 bits per heavy atom. The van der Waals surface area contributed by atoms with Crippen molar-refractivity contribution in [2.45, 2.75) is 82.9 Å². The zero-order valence-electron chi connectivity index (χ0n) is 21.2. The first-order valence-corrected chi connectivity index (χ1v) is 14.6. The molecule has 4 nitrogen and oxygen atoms in total. The summed E-state index contributed by atoms with van der Waals surface area (Å²) in [5.74, 6) is 2.28. The summed E-state index contributed by atoms with van der Waals surface area (Å²) in [6.45, 7) is 22.8. The van der Waals surface area contributed by atoms with E-state index < -0.39 is 0 Å². The Morgan fingerprint density at radius 3 is 1.72 bits per heavy atom. The third kappa shape index (κ3) is 7.38. The van der Waals surface area contributed by atoms with Gasteiger partial charge in [-0.05, 0) is 47.6 Å². The van der Waals surface area contributed by atoms with Gasteiger partial charge >= 0.3 is 0 Å². The van der Waals surface area contributed by atoms with Crippen LogP contribution in [0.5, 0.6) is 0 Å². The van der Waals surface area contributed by atoms with Gasteiger partial charge in [0.2, 0.25) is 0 Å². The van der Waals surface area contributed by atoms with E-state index in [1.54, 1.807) is 22.3 Å². The van der Waals surface area contributed by atoms with Gasteiger partial charge in [-0.25, -0.2) is 0 Å². The molecule has 0 radical (unpaired) electrons. The Balaban J connectivity index is 1.65. The van der Waals surface area contributed by atoms with Crippen LogP contribution in [0.25, 0.3) is 0 Å². The Hall–Kier alpha value is -0.240. The first kappa shape index (κ1) is 26.4. The molecule has 0 atom stereocenters. The van der Waals surface area contributed by atoms with Gasteiger partial charge in [0.25, 0.3) is 0 Å². The van der Waals surface area contributed by atoms with Crippen LogP contribution in [0, 0.1) is 0 Å². The number of ether oxygens (including phenoxy) is 2. The lowest BCUT2D eigenvalue weighted by atomic mass is 10.0. The Morgan fingerprint density at radius 2 is 1.31 bits per heavy atom. The molecule has 1 aromatic rings. The maximum Gasteiger partial charge on any atom is 0.170 e. The Bertz CT molecular complexity index is 669. The van der Waals surface area contributed by atoms with E-state index >= 15 is 0 Å². The van der Waals surface area contributed by atoms with Crippen LogP contribution in [-0.2, 0) is 34.1 Å². The average Bonchev–Trinajstić information content (AvgIpc) is 3.09. The maximum absolute atomic E-state index is 5.79. The molecular weight excluding hydrogens is 436 g/mol. The molecule has 0 aliphatic carbocycles. The first-order chi connectivity index (χ1) is 15.3. The molecule has 1 spiro atoms. The molecule has 0 bridgehead atoms. The van der Waals surface area contributed by atoms with E-state index in [4.69, 9.17) is 9.47 Å². The van der Waals surface area contributed by atoms with Crippen molar-refractivity contribution in [1.82, 2.24) is 4.90 Å². The van der Waals surface area contributed by atoms with Gasteiger partial charge in [0.05, 0.1) is 13.1 Å². The summed E-state index contributed by atoms with van der Waals surface area (Å²) >= 11 is 4.15. The number of hydrogen-bond acceptors (Lipinski definition) is 5. The molecule has 0 aromatic heterocycles. The van der Waals surface area contributed by atoms with Gasteiger partial charge in [-0.2, -0.15) is 23.5 Å². The minimum Gasteiger partial charge on any atom is -0.352 e. The monoisotopic (exact) mass is 481 g/mol. The minimum absolute atomic E-state index is 0.0886. The van der Waals surface area contributed by atoms with Gasteiger partial charge < -0.3 is 14.0 Å². The average molecular weight is 482 g/mol. The number of quaternary nitrogens is 1. The number of nitrogens with zero attached hydrogens (tertiary/aromatic N) is 2. The fourth-order valence-corrected chi connectivity index (χ4v) is 6.37. The van der Waals surface area contributed by atoms with Gasteiger partial charge in [0.15, 0.2) is 6.29 Å². The third-order valence-electron chi connectivity index (χ3n) is 6.57. The summed E-state index contributed by atoms with van der Waals surface area (Å²) < 4.78 is 12.8. The van der Waals surface area contributed by atoms with Crippen molar-refractivity contribution in [3.05, 3.63) is 34.4 Å². The van der Waals surface area contributed by atoms with Gasteiger partial charge in [-0.1, -0.05) is 27.7 Å². The topological polar surface area (TPSA) is 21.7 Å². The highest BCUT2D eigenvalue weighted by atomic mass is 32.2. The standard InChI is InChI=1S/C26H45N2O2S2/c1-7-29-26(30-8-2)15-27-9-11-28(12-10-27)16-22-13-24(18-31-20(3)4)25(14-23(22)17-28)19-32-21(5)6/h13-14,20-21,26H,7-12,15-19H2,1-6H3/q+1. The molecule has 1 saturated heterocycles. The van der Waals surface area contributed by atoms with Crippen LogP contribution in [0.4, 0.5) is 0 Å². The van der Waals surface area contributed by atoms with Gasteiger partial charge in [-0.15, -0.1) is 0 Å². The van der Waals surface area contributed by atoms with E-state index in [0.29, 0.717) is 23.7 Å². The van der Waals surface area contributed by atoms with Crippen molar-refractivity contribution < 1.29 is 14.0 Å². The number of fused-ring (bicyclic) bond motifs is 1. The highest BCUT2D eigenvalue weighted by molar-refractivity contribution is 7.99. The molecule has 2 heterocycles. The van der Waals surface area contributed by atoms with Crippen molar-refractivity contribution in [1.29, 1.82) is 0 Å². The molecule has 0 unspecified atom stereocenters. The van der Waals surface area contributed by atoms with Crippen molar-refractivity contribution in [2.24, 2.45) is 0 Å². The Kier molecular flexibility index (Phi) is 10.3. The van der Waals surface area contributed by atoms with Crippen LogP contribution in [0.2, 0.25) is 0 Å². The van der Waals surface area contributed by atoms with Crippen molar-refractivity contribution in [3.63, 3.8) is 0 Å². The van der Waals surface area contributed by atoms with Crippen LogP contribution >= 0.6 is 23.5 Å². The predicted octanol–water partition coefficient (Wildman–Crippen LogP) is 5.51. The van der Waals surface area contributed by atoms with Gasteiger partial charge in [0.1, 0.15) is 13.1 Å². The van der Waals surface area contributed by atoms with E-state index in [9.17, 15) is 0 Å². The van der Waals surface area contributed by atoms with Crippen LogP contribution in [0.15, 0.2) is 12.1 Å². The van der Waals surface area contributed by atoms with E-state index in [2.05, 4.69) is 68.3 Å². The Labute approximate surface area is 205 Å². The van der Waals surface area contributed by atoms with E-state index in [-0.39, 0.29) is 6.29 Å². The highest BCUT2D eigenvalue weighted by Gasteiger charge is 2.39. The van der Waals surface area contributed by atoms with E-state index in [0.717, 1.165) is 31.1 Å². The van der Waals surface area contributed by atoms with Crippen LogP contribution in [0.1, 0.15) is 63.8 Å². The number of hydrogen-bond donors (Lipinski definition) is 0. The minimum atomic E-state index is -0.0886. The SMILES string of the molecule is CCOC(CN1CC[N+]2(CC1)Cc1cc(CSC(C)C)c(CSC(C)C)cc1C2)OCC. The predicted molar refractivity (Wildman–Crippen MR) is 140 cm³/mol. The first-order valence-electron chi connectivity index (χ1n) is 12.5. The second-order valence-corrected chi connectivity index (χ2v) is 13.0. The molecule has 6 heteroatoms. The molecule has 182 valence electrons. The number of benzene rings is 1. The zero-order valence-corrected chi connectivity index (χ0v) is 22.8. The third-order valence-corrected chi connectivity index (χ3v) is 8.86. The van der Waals surface area contributed by atoms with E-state index in [1.807, 2.05) is 13.8 Å². The summed E-state index contributed by atoms with van der Waals surface area (Å²) in [5.41, 5.74) is 6.37. The van der Waals surface area contributed by atoms with Crippen LogP contribution in [0.3, 0.4) is 0 Å². The van der Waals surface area contributed by atoms with Crippen LogP contribution < -0.4 is 0 Å². The zero-order chi connectivity index (χ0) is 23.1. The molecule has 3 rings (SSSR count).